The summed E-state index contributed by atoms with van der Waals surface area (Å²) in [5, 5.41) is 13.0. The molecular weight excluding hydrogens is 388 g/mol. The Kier molecular flexibility index (Phi) is 6.93. The largest absolute Gasteiger partial charge is 0.493 e. The van der Waals surface area contributed by atoms with Crippen molar-refractivity contribution in [2.24, 2.45) is 5.92 Å². The van der Waals surface area contributed by atoms with E-state index in [0.29, 0.717) is 28.5 Å². The van der Waals surface area contributed by atoms with Crippen LogP contribution in [0.4, 0.5) is 0 Å². The second kappa shape index (κ2) is 9.80. The summed E-state index contributed by atoms with van der Waals surface area (Å²) in [5.41, 5.74) is 1.06. The lowest BCUT2D eigenvalue weighted by Crippen LogP contribution is -2.44. The lowest BCUT2D eigenvalue weighted by molar-refractivity contribution is -0.150. The standard InChI is InChI=1S/C22H20N2O4S/c1-27-22(26)19-18(15-8-4-2-5-9-15)17(14-23)21(24-20(19)25)29-13-12-28-16-10-6-3-7-11-16/h2-11,18-19H,12-13H2,1H3,(H,24,25)/t18-,19-/m0/s1. The van der Waals surface area contributed by atoms with Crippen LogP contribution in [0.15, 0.2) is 71.3 Å². The number of thioether (sulfide) groups is 1. The third-order valence-corrected chi connectivity index (χ3v) is 5.47. The zero-order chi connectivity index (χ0) is 20.6. The van der Waals surface area contributed by atoms with Crippen LogP contribution in [-0.2, 0) is 14.3 Å². The first kappa shape index (κ1) is 20.5. The van der Waals surface area contributed by atoms with Crippen LogP contribution in [0.2, 0.25) is 0 Å². The van der Waals surface area contributed by atoms with Crippen molar-refractivity contribution in [3.63, 3.8) is 0 Å². The highest BCUT2D eigenvalue weighted by molar-refractivity contribution is 8.03. The molecule has 3 rings (SSSR count). The molecule has 0 unspecified atom stereocenters. The molecule has 0 saturated heterocycles. The Bertz CT molecular complexity index is 938. The molecule has 1 aliphatic heterocycles. The first-order valence-electron chi connectivity index (χ1n) is 9.04. The van der Waals surface area contributed by atoms with E-state index in [1.54, 1.807) is 12.1 Å². The molecule has 29 heavy (non-hydrogen) atoms. The zero-order valence-corrected chi connectivity index (χ0v) is 16.6. The summed E-state index contributed by atoms with van der Waals surface area (Å²) in [6.07, 6.45) is 0. The van der Waals surface area contributed by atoms with Crippen LogP contribution in [0, 0.1) is 17.2 Å². The van der Waals surface area contributed by atoms with Crippen LogP contribution >= 0.6 is 11.8 Å². The van der Waals surface area contributed by atoms with E-state index in [2.05, 4.69) is 11.4 Å². The number of nitrogens with zero attached hydrogens (tertiary/aromatic N) is 1. The van der Waals surface area contributed by atoms with Gasteiger partial charge in [-0.1, -0.05) is 48.5 Å². The minimum atomic E-state index is -1.11. The number of allylic oxidation sites excluding steroid dienone is 1. The molecule has 0 radical (unpaired) electrons. The number of nitriles is 1. The van der Waals surface area contributed by atoms with Crippen molar-refractivity contribution in [2.45, 2.75) is 5.92 Å². The first-order valence-corrected chi connectivity index (χ1v) is 10.0. The number of para-hydroxylation sites is 1. The Balaban J connectivity index is 1.82. The smallest absolute Gasteiger partial charge is 0.319 e. The molecule has 0 fully saturated rings. The average molecular weight is 408 g/mol. The van der Waals surface area contributed by atoms with Gasteiger partial charge in [0, 0.05) is 11.7 Å². The number of esters is 1. The van der Waals surface area contributed by atoms with Gasteiger partial charge in [-0.05, 0) is 17.7 Å². The number of amides is 1. The molecule has 2 aromatic carbocycles. The van der Waals surface area contributed by atoms with Gasteiger partial charge in [0.15, 0.2) is 0 Å². The number of methoxy groups -OCH3 is 1. The molecule has 1 amide bonds. The van der Waals surface area contributed by atoms with Gasteiger partial charge in [-0.25, -0.2) is 0 Å². The summed E-state index contributed by atoms with van der Waals surface area (Å²) < 4.78 is 10.5. The third kappa shape index (κ3) is 4.79. The van der Waals surface area contributed by atoms with Crippen LogP contribution < -0.4 is 10.1 Å². The number of benzene rings is 2. The van der Waals surface area contributed by atoms with Crippen LogP contribution in [0.5, 0.6) is 5.75 Å². The molecule has 0 bridgehead atoms. The molecule has 6 nitrogen and oxygen atoms in total. The molecule has 1 aliphatic rings. The number of ether oxygens (including phenoxy) is 2. The molecule has 2 atom stereocenters. The summed E-state index contributed by atoms with van der Waals surface area (Å²) >= 11 is 1.32. The van der Waals surface area contributed by atoms with E-state index in [9.17, 15) is 14.9 Å². The van der Waals surface area contributed by atoms with Crippen molar-refractivity contribution >= 4 is 23.6 Å². The fraction of sp³-hybridized carbons (Fsp3) is 0.227. The normalized spacial score (nSPS) is 18.6. The number of carbonyl (C=O) groups is 2. The van der Waals surface area contributed by atoms with Gasteiger partial charge in [-0.2, -0.15) is 5.26 Å². The maximum absolute atomic E-state index is 12.7. The van der Waals surface area contributed by atoms with Crippen molar-refractivity contribution in [1.82, 2.24) is 5.32 Å². The fourth-order valence-electron chi connectivity index (χ4n) is 3.16. The third-order valence-electron chi connectivity index (χ3n) is 4.48. The Hall–Kier alpha value is -3.24. The predicted octanol–water partition coefficient (Wildman–Crippen LogP) is 3.24. The maximum atomic E-state index is 12.7. The quantitative estimate of drug-likeness (QED) is 0.430. The Labute approximate surface area is 173 Å². The van der Waals surface area contributed by atoms with Crippen LogP contribution in [0.3, 0.4) is 0 Å². The summed E-state index contributed by atoms with van der Waals surface area (Å²) in [7, 11) is 1.23. The summed E-state index contributed by atoms with van der Waals surface area (Å²) in [5.74, 6) is -1.66. The molecule has 148 valence electrons. The van der Waals surface area contributed by atoms with Gasteiger partial charge >= 0.3 is 5.97 Å². The minimum Gasteiger partial charge on any atom is -0.493 e. The maximum Gasteiger partial charge on any atom is 0.319 e. The van der Waals surface area contributed by atoms with Gasteiger partial charge in [0.2, 0.25) is 5.91 Å². The lowest BCUT2D eigenvalue weighted by Gasteiger charge is -2.30. The van der Waals surface area contributed by atoms with E-state index >= 15 is 0 Å². The van der Waals surface area contributed by atoms with Crippen molar-refractivity contribution in [3.05, 3.63) is 76.8 Å². The number of hydrogen-bond donors (Lipinski definition) is 1. The molecular formula is C22H20N2O4S. The molecule has 1 heterocycles. The van der Waals surface area contributed by atoms with E-state index in [1.807, 2.05) is 48.5 Å². The van der Waals surface area contributed by atoms with Crippen LogP contribution in [0.25, 0.3) is 0 Å². The Morgan fingerprint density at radius 2 is 1.79 bits per heavy atom. The van der Waals surface area contributed by atoms with Gasteiger partial charge < -0.3 is 14.8 Å². The Morgan fingerprint density at radius 1 is 1.14 bits per heavy atom. The minimum absolute atomic E-state index is 0.343. The summed E-state index contributed by atoms with van der Waals surface area (Å²) in [4.78, 5) is 25.0. The molecule has 0 aliphatic carbocycles. The molecule has 0 saturated carbocycles. The molecule has 2 aromatic rings. The second-order valence-corrected chi connectivity index (χ2v) is 7.35. The molecule has 0 aromatic heterocycles. The van der Waals surface area contributed by atoms with Gasteiger partial charge in [0.05, 0.1) is 30.4 Å². The van der Waals surface area contributed by atoms with Gasteiger partial charge in [-0.3, -0.25) is 9.59 Å². The number of hydrogen-bond acceptors (Lipinski definition) is 6. The highest BCUT2D eigenvalue weighted by atomic mass is 32.2. The SMILES string of the molecule is COC(=O)[C@@H]1C(=O)NC(SCCOc2ccccc2)=C(C#N)[C@@H]1c1ccccc1. The predicted molar refractivity (Wildman–Crippen MR) is 110 cm³/mol. The summed E-state index contributed by atoms with van der Waals surface area (Å²) in [6.45, 7) is 0.406. The molecule has 0 spiro atoms. The van der Waals surface area contributed by atoms with E-state index in [1.165, 1.54) is 18.9 Å². The average Bonchev–Trinajstić information content (AvgIpc) is 2.77. The Morgan fingerprint density at radius 3 is 2.41 bits per heavy atom. The van der Waals surface area contributed by atoms with Crippen molar-refractivity contribution < 1.29 is 19.1 Å². The van der Waals surface area contributed by atoms with E-state index in [0.717, 1.165) is 5.75 Å². The first-order chi connectivity index (χ1) is 14.2. The van der Waals surface area contributed by atoms with Crippen molar-refractivity contribution in [2.75, 3.05) is 19.5 Å². The van der Waals surface area contributed by atoms with Crippen molar-refractivity contribution in [1.29, 1.82) is 5.26 Å². The van der Waals surface area contributed by atoms with Gasteiger partial charge in [0.25, 0.3) is 0 Å². The monoisotopic (exact) mass is 408 g/mol. The highest BCUT2D eigenvalue weighted by Crippen LogP contribution is 2.40. The number of carbonyl (C=O) groups excluding carboxylic acids is 2. The van der Waals surface area contributed by atoms with E-state index in [4.69, 9.17) is 9.47 Å². The number of rotatable bonds is 7. The van der Waals surface area contributed by atoms with Crippen molar-refractivity contribution in [3.8, 4) is 11.8 Å². The summed E-state index contributed by atoms with van der Waals surface area (Å²) in [6, 6.07) is 20.7. The van der Waals surface area contributed by atoms with Crippen LogP contribution in [0.1, 0.15) is 11.5 Å². The van der Waals surface area contributed by atoms with E-state index in [-0.39, 0.29) is 0 Å². The lowest BCUT2D eigenvalue weighted by atomic mass is 9.78. The van der Waals surface area contributed by atoms with Crippen LogP contribution in [-0.4, -0.2) is 31.3 Å². The number of nitrogens with one attached hydrogen (secondary N) is 1. The topological polar surface area (TPSA) is 88.4 Å². The highest BCUT2D eigenvalue weighted by Gasteiger charge is 2.44. The van der Waals surface area contributed by atoms with Gasteiger partial charge in [-0.15, -0.1) is 11.8 Å². The molecule has 7 heteroatoms. The molecule has 1 N–H and O–H groups in total. The zero-order valence-electron chi connectivity index (χ0n) is 15.8. The fourth-order valence-corrected chi connectivity index (χ4v) is 4.03. The van der Waals surface area contributed by atoms with Gasteiger partial charge in [0.1, 0.15) is 11.7 Å². The van der Waals surface area contributed by atoms with E-state index < -0.39 is 23.7 Å². The second-order valence-electron chi connectivity index (χ2n) is 6.24.